The lowest BCUT2D eigenvalue weighted by Crippen LogP contribution is -2.46. The number of rotatable bonds is 3. The van der Waals surface area contributed by atoms with Gasteiger partial charge in [-0.25, -0.2) is 4.98 Å². The van der Waals surface area contributed by atoms with Gasteiger partial charge in [0.25, 0.3) is 0 Å². The SMILES string of the molecule is CN1CC2CCN(CC2)c2cc(NSC3CC3)ccc2-c2nnc(o2)-c2ccnc(c2)N2CCCC(C2)C1=O. The van der Waals surface area contributed by atoms with Crippen LogP contribution in [0.1, 0.15) is 38.5 Å². The fourth-order valence-corrected chi connectivity index (χ4v) is 6.88. The number of aromatic nitrogens is 3. The van der Waals surface area contributed by atoms with Crippen molar-refractivity contribution in [3.63, 3.8) is 0 Å². The standard InChI is InChI=1S/C29H35N7O2S/c1-34-17-19-9-13-35(14-10-19)25-16-22(33-39-23-5-6-23)4-7-24(25)28-32-31-27(38-28)20-8-11-30-26(15-20)36-12-2-3-21(18-36)29(34)37/h4,7-8,11,15-16,19,21,23,33H,2-3,5-6,9-10,12-14,17-18H2,1H3. The molecule has 204 valence electrons. The van der Waals surface area contributed by atoms with E-state index in [1.165, 1.54) is 12.8 Å². The van der Waals surface area contributed by atoms with Crippen LogP contribution in [0.5, 0.6) is 0 Å². The Morgan fingerprint density at radius 1 is 0.949 bits per heavy atom. The molecule has 1 aromatic carbocycles. The van der Waals surface area contributed by atoms with Crippen molar-refractivity contribution in [1.82, 2.24) is 20.1 Å². The Morgan fingerprint density at radius 3 is 2.64 bits per heavy atom. The molecule has 4 aliphatic heterocycles. The van der Waals surface area contributed by atoms with Crippen LogP contribution in [-0.2, 0) is 4.79 Å². The summed E-state index contributed by atoms with van der Waals surface area (Å²) in [6, 6.07) is 10.3. The summed E-state index contributed by atoms with van der Waals surface area (Å²) in [5.41, 5.74) is 4.01. The molecule has 1 atom stereocenters. The van der Waals surface area contributed by atoms with E-state index < -0.39 is 0 Å². The molecule has 3 fully saturated rings. The first-order chi connectivity index (χ1) is 19.1. The minimum absolute atomic E-state index is 0.00510. The minimum atomic E-state index is -0.00510. The molecule has 1 N–H and O–H groups in total. The van der Waals surface area contributed by atoms with Crippen LogP contribution >= 0.6 is 11.9 Å². The zero-order valence-electron chi connectivity index (χ0n) is 22.4. The van der Waals surface area contributed by atoms with Crippen LogP contribution < -0.4 is 14.5 Å². The van der Waals surface area contributed by atoms with Gasteiger partial charge in [-0.2, -0.15) is 0 Å². The summed E-state index contributed by atoms with van der Waals surface area (Å²) in [5.74, 6) is 2.62. The van der Waals surface area contributed by atoms with Crippen molar-refractivity contribution in [2.45, 2.75) is 43.8 Å². The van der Waals surface area contributed by atoms with Crippen molar-refractivity contribution >= 4 is 35.0 Å². The van der Waals surface area contributed by atoms with Gasteiger partial charge in [0.15, 0.2) is 0 Å². The molecular formula is C29H35N7O2S. The van der Waals surface area contributed by atoms with Crippen LogP contribution in [0.3, 0.4) is 0 Å². The number of carbonyl (C=O) groups is 1. The van der Waals surface area contributed by atoms with E-state index in [-0.39, 0.29) is 11.8 Å². The van der Waals surface area contributed by atoms with Crippen LogP contribution in [-0.4, -0.2) is 71.0 Å². The number of nitrogens with zero attached hydrogens (tertiary/aromatic N) is 6. The highest BCUT2D eigenvalue weighted by Crippen LogP contribution is 2.39. The van der Waals surface area contributed by atoms with Crippen molar-refractivity contribution in [2.24, 2.45) is 11.8 Å². The van der Waals surface area contributed by atoms with Crippen LogP contribution in [0.2, 0.25) is 0 Å². The molecular weight excluding hydrogens is 510 g/mol. The highest BCUT2D eigenvalue weighted by atomic mass is 32.2. The van der Waals surface area contributed by atoms with E-state index in [9.17, 15) is 4.79 Å². The normalized spacial score (nSPS) is 23.3. The molecule has 2 saturated heterocycles. The smallest absolute Gasteiger partial charge is 0.250 e. The van der Waals surface area contributed by atoms with E-state index in [0.29, 0.717) is 24.2 Å². The van der Waals surface area contributed by atoms with Crippen molar-refractivity contribution in [3.05, 3.63) is 36.5 Å². The number of anilines is 3. The second-order valence-corrected chi connectivity index (χ2v) is 12.5. The summed E-state index contributed by atoms with van der Waals surface area (Å²) in [6.45, 7) is 4.27. The van der Waals surface area contributed by atoms with Crippen molar-refractivity contribution in [3.8, 4) is 22.9 Å². The van der Waals surface area contributed by atoms with E-state index in [2.05, 4.69) is 47.9 Å². The van der Waals surface area contributed by atoms with E-state index in [0.717, 1.165) is 85.4 Å². The fraction of sp³-hybridized carbons (Fsp3) is 0.517. The monoisotopic (exact) mass is 545 g/mol. The zero-order chi connectivity index (χ0) is 26.3. The van der Waals surface area contributed by atoms with Crippen molar-refractivity contribution < 1.29 is 9.21 Å². The zero-order valence-corrected chi connectivity index (χ0v) is 23.2. The molecule has 1 unspecified atom stereocenters. The maximum absolute atomic E-state index is 13.5. The average molecular weight is 546 g/mol. The number of nitrogens with one attached hydrogen (secondary N) is 1. The van der Waals surface area contributed by atoms with Crippen LogP contribution in [0.15, 0.2) is 40.9 Å². The fourth-order valence-electron chi connectivity index (χ4n) is 6.08. The third-order valence-corrected chi connectivity index (χ3v) is 9.63. The Morgan fingerprint density at radius 2 is 1.79 bits per heavy atom. The molecule has 39 heavy (non-hydrogen) atoms. The largest absolute Gasteiger partial charge is 0.416 e. The number of pyridine rings is 1. The van der Waals surface area contributed by atoms with Crippen LogP contribution in [0.4, 0.5) is 17.2 Å². The number of fused-ring (bicyclic) bond motifs is 4. The number of hydrogen-bond acceptors (Lipinski definition) is 9. The Labute approximate surface area is 233 Å². The Bertz CT molecular complexity index is 1350. The average Bonchev–Trinajstić information content (AvgIpc) is 3.69. The third kappa shape index (κ3) is 5.18. The molecule has 5 aliphatic rings. The van der Waals surface area contributed by atoms with Gasteiger partial charge in [-0.15, -0.1) is 10.2 Å². The molecule has 10 heteroatoms. The second kappa shape index (κ2) is 10.4. The molecule has 1 amide bonds. The number of piperidine rings is 2. The predicted octanol–water partition coefficient (Wildman–Crippen LogP) is 4.93. The van der Waals surface area contributed by atoms with Gasteiger partial charge in [0.1, 0.15) is 5.82 Å². The first-order valence-corrected chi connectivity index (χ1v) is 15.1. The summed E-state index contributed by atoms with van der Waals surface area (Å²) in [6.07, 6.45) is 8.36. The van der Waals surface area contributed by atoms with Gasteiger partial charge in [-0.05, 0) is 86.7 Å². The molecule has 1 aliphatic carbocycles. The van der Waals surface area contributed by atoms with E-state index in [4.69, 9.17) is 4.42 Å². The number of carbonyl (C=O) groups excluding carboxylic acids is 1. The van der Waals surface area contributed by atoms with Gasteiger partial charge in [0.05, 0.1) is 17.2 Å². The lowest BCUT2D eigenvalue weighted by atomic mass is 9.93. The van der Waals surface area contributed by atoms with E-state index in [1.54, 1.807) is 6.20 Å². The Hall–Kier alpha value is -3.27. The lowest BCUT2D eigenvalue weighted by molar-refractivity contribution is -0.135. The van der Waals surface area contributed by atoms with Crippen molar-refractivity contribution in [2.75, 3.05) is 54.3 Å². The van der Waals surface area contributed by atoms with Crippen molar-refractivity contribution in [1.29, 1.82) is 0 Å². The summed E-state index contributed by atoms with van der Waals surface area (Å²) in [4.78, 5) is 24.8. The van der Waals surface area contributed by atoms with Gasteiger partial charge in [0.2, 0.25) is 17.7 Å². The summed E-state index contributed by atoms with van der Waals surface area (Å²) in [7, 11) is 1.99. The molecule has 0 radical (unpaired) electrons. The molecule has 8 bridgehead atoms. The quantitative estimate of drug-likeness (QED) is 0.460. The molecule has 0 spiro atoms. The van der Waals surface area contributed by atoms with Gasteiger partial charge < -0.3 is 23.8 Å². The number of benzene rings is 1. The van der Waals surface area contributed by atoms with Crippen LogP contribution in [0.25, 0.3) is 22.9 Å². The van der Waals surface area contributed by atoms with Gasteiger partial charge in [-0.1, -0.05) is 0 Å². The highest BCUT2D eigenvalue weighted by Gasteiger charge is 2.31. The second-order valence-electron chi connectivity index (χ2n) is 11.4. The topological polar surface area (TPSA) is 90.6 Å². The lowest BCUT2D eigenvalue weighted by Gasteiger charge is -2.38. The Balaban J connectivity index is 1.26. The summed E-state index contributed by atoms with van der Waals surface area (Å²) >= 11 is 1.81. The number of amides is 1. The first-order valence-electron chi connectivity index (χ1n) is 14.2. The van der Waals surface area contributed by atoms with Gasteiger partial charge in [-0.3, -0.25) is 4.79 Å². The third-order valence-electron chi connectivity index (χ3n) is 8.47. The number of hydrogen-bond donors (Lipinski definition) is 1. The molecule has 8 rings (SSSR count). The minimum Gasteiger partial charge on any atom is -0.416 e. The molecule has 6 heterocycles. The first kappa shape index (κ1) is 24.7. The molecule has 3 aromatic rings. The summed E-state index contributed by atoms with van der Waals surface area (Å²) in [5, 5.41) is 9.65. The highest BCUT2D eigenvalue weighted by molar-refractivity contribution is 8.01. The maximum atomic E-state index is 13.5. The van der Waals surface area contributed by atoms with E-state index in [1.807, 2.05) is 36.0 Å². The Kier molecular flexibility index (Phi) is 6.58. The molecule has 2 aromatic heterocycles. The van der Waals surface area contributed by atoms with Crippen LogP contribution in [0, 0.1) is 11.8 Å². The molecule has 1 saturated carbocycles. The van der Waals surface area contributed by atoms with Gasteiger partial charge in [0, 0.05) is 62.5 Å². The maximum Gasteiger partial charge on any atom is 0.250 e. The molecule has 9 nitrogen and oxygen atoms in total. The van der Waals surface area contributed by atoms with E-state index >= 15 is 0 Å². The van der Waals surface area contributed by atoms with Gasteiger partial charge >= 0.3 is 0 Å². The predicted molar refractivity (Wildman–Crippen MR) is 155 cm³/mol. The summed E-state index contributed by atoms with van der Waals surface area (Å²) < 4.78 is 9.85.